The molecule has 1 aromatic rings. The molecule has 0 saturated carbocycles. The zero-order valence-corrected chi connectivity index (χ0v) is 14.7. The summed E-state index contributed by atoms with van der Waals surface area (Å²) >= 11 is 0. The summed E-state index contributed by atoms with van der Waals surface area (Å²) < 4.78 is 8.02. The van der Waals surface area contributed by atoms with Gasteiger partial charge < -0.3 is 4.74 Å². The van der Waals surface area contributed by atoms with Gasteiger partial charge in [0.05, 0.1) is 12.3 Å². The molecule has 3 nitrogen and oxygen atoms in total. The standard InChI is InChI=1S/C21H26N2O/c1-5-11-17(12-6-2)20-21-19(15-9-10-16-24-21)22-23(20)18(13-7-3)14-8-4/h5-8,11-14H,1,3,9-10,15-16H2,2,4H3/b12-6-,14-8-,17-11+,18-13+. The quantitative estimate of drug-likeness (QED) is 0.660. The van der Waals surface area contributed by atoms with Crippen molar-refractivity contribution in [3.05, 3.63) is 73.2 Å². The Morgan fingerprint density at radius 2 is 1.83 bits per heavy atom. The van der Waals surface area contributed by atoms with Crippen LogP contribution in [0.3, 0.4) is 0 Å². The number of fused-ring (bicyclic) bond motifs is 1. The van der Waals surface area contributed by atoms with Crippen molar-refractivity contribution in [3.8, 4) is 5.75 Å². The Morgan fingerprint density at radius 3 is 2.50 bits per heavy atom. The van der Waals surface area contributed by atoms with Crippen LogP contribution in [0.15, 0.2) is 61.8 Å². The number of hydrogen-bond donors (Lipinski definition) is 0. The Labute approximate surface area is 145 Å². The lowest BCUT2D eigenvalue weighted by Gasteiger charge is -2.12. The van der Waals surface area contributed by atoms with Gasteiger partial charge in [-0.1, -0.05) is 49.6 Å². The summed E-state index contributed by atoms with van der Waals surface area (Å²) in [6.45, 7) is 12.4. The van der Waals surface area contributed by atoms with E-state index in [2.05, 4.69) is 19.2 Å². The van der Waals surface area contributed by atoms with E-state index in [1.165, 1.54) is 0 Å². The molecule has 0 radical (unpaired) electrons. The van der Waals surface area contributed by atoms with Gasteiger partial charge in [0, 0.05) is 5.57 Å². The Bertz CT molecular complexity index is 714. The van der Waals surface area contributed by atoms with Gasteiger partial charge in [0.25, 0.3) is 0 Å². The molecule has 3 heteroatoms. The molecule has 1 aliphatic rings. The molecule has 0 bridgehead atoms. The molecule has 0 atom stereocenters. The fourth-order valence-corrected chi connectivity index (χ4v) is 2.78. The van der Waals surface area contributed by atoms with Crippen molar-refractivity contribution in [1.29, 1.82) is 0 Å². The highest BCUT2D eigenvalue weighted by molar-refractivity contribution is 5.80. The monoisotopic (exact) mass is 322 g/mol. The highest BCUT2D eigenvalue weighted by atomic mass is 16.5. The summed E-state index contributed by atoms with van der Waals surface area (Å²) in [5, 5.41) is 4.85. The Kier molecular flexibility index (Phi) is 6.62. The van der Waals surface area contributed by atoms with E-state index in [-0.39, 0.29) is 0 Å². The maximum absolute atomic E-state index is 6.07. The van der Waals surface area contributed by atoms with E-state index in [0.717, 1.165) is 54.3 Å². The SMILES string of the molecule is C=C/C=C(\C=C/C)c1c2c(nn1C(/C=C\C)=C/C=C)CCCCO2. The van der Waals surface area contributed by atoms with Crippen LogP contribution >= 0.6 is 0 Å². The lowest BCUT2D eigenvalue weighted by molar-refractivity contribution is 0.316. The normalized spacial score (nSPS) is 16.1. The molecular weight excluding hydrogens is 296 g/mol. The molecule has 0 aromatic carbocycles. The Balaban J connectivity index is 2.74. The predicted octanol–water partition coefficient (Wildman–Crippen LogP) is 5.35. The van der Waals surface area contributed by atoms with Crippen LogP contribution in [0.2, 0.25) is 0 Å². The summed E-state index contributed by atoms with van der Waals surface area (Å²) in [6, 6.07) is 0. The number of nitrogens with zero attached hydrogens (tertiary/aromatic N) is 2. The van der Waals surface area contributed by atoms with Gasteiger partial charge in [0.2, 0.25) is 0 Å². The number of hydrogen-bond acceptors (Lipinski definition) is 2. The minimum atomic E-state index is 0.729. The predicted molar refractivity (Wildman–Crippen MR) is 103 cm³/mol. The fourth-order valence-electron chi connectivity index (χ4n) is 2.78. The smallest absolute Gasteiger partial charge is 0.168 e. The van der Waals surface area contributed by atoms with Gasteiger partial charge >= 0.3 is 0 Å². The van der Waals surface area contributed by atoms with Gasteiger partial charge in [0.15, 0.2) is 5.75 Å². The minimum absolute atomic E-state index is 0.729. The number of rotatable bonds is 6. The van der Waals surface area contributed by atoms with Crippen LogP contribution in [0.25, 0.3) is 11.3 Å². The molecule has 2 rings (SSSR count). The summed E-state index contributed by atoms with van der Waals surface area (Å²) in [7, 11) is 0. The van der Waals surface area contributed by atoms with Crippen molar-refractivity contribution in [2.24, 2.45) is 0 Å². The van der Waals surface area contributed by atoms with Crippen LogP contribution in [0.5, 0.6) is 5.75 Å². The summed E-state index contributed by atoms with van der Waals surface area (Å²) in [6.07, 6.45) is 18.7. The third kappa shape index (κ3) is 3.85. The Morgan fingerprint density at radius 1 is 1.08 bits per heavy atom. The highest BCUT2D eigenvalue weighted by Gasteiger charge is 2.23. The van der Waals surface area contributed by atoms with Gasteiger partial charge in [-0.05, 0) is 45.3 Å². The average Bonchev–Trinajstić information content (AvgIpc) is 2.77. The Hall–Kier alpha value is -2.55. The molecule has 0 unspecified atom stereocenters. The van der Waals surface area contributed by atoms with E-state index in [1.807, 2.05) is 48.9 Å². The molecule has 0 N–H and O–H groups in total. The second-order valence-corrected chi connectivity index (χ2v) is 5.53. The largest absolute Gasteiger partial charge is 0.489 e. The van der Waals surface area contributed by atoms with E-state index >= 15 is 0 Å². The number of aryl methyl sites for hydroxylation is 1. The molecule has 0 saturated heterocycles. The summed E-state index contributed by atoms with van der Waals surface area (Å²) in [4.78, 5) is 0. The van der Waals surface area contributed by atoms with Crippen molar-refractivity contribution in [2.45, 2.75) is 33.1 Å². The van der Waals surface area contributed by atoms with Crippen LogP contribution in [0.1, 0.15) is 38.1 Å². The van der Waals surface area contributed by atoms with Gasteiger partial charge in [-0.2, -0.15) is 5.10 Å². The molecule has 0 spiro atoms. The lowest BCUT2D eigenvalue weighted by Crippen LogP contribution is -2.05. The van der Waals surface area contributed by atoms with E-state index in [0.29, 0.717) is 0 Å². The lowest BCUT2D eigenvalue weighted by atomic mass is 10.1. The summed E-state index contributed by atoms with van der Waals surface area (Å²) in [5.41, 5.74) is 3.97. The minimum Gasteiger partial charge on any atom is -0.489 e. The molecule has 1 aliphatic heterocycles. The first-order chi connectivity index (χ1) is 11.8. The third-order valence-corrected chi connectivity index (χ3v) is 3.75. The third-order valence-electron chi connectivity index (χ3n) is 3.75. The first kappa shape index (κ1) is 17.8. The summed E-state index contributed by atoms with van der Waals surface area (Å²) in [5.74, 6) is 0.887. The van der Waals surface area contributed by atoms with E-state index in [9.17, 15) is 0 Å². The zero-order chi connectivity index (χ0) is 17.4. The van der Waals surface area contributed by atoms with Crippen LogP contribution < -0.4 is 4.74 Å². The molecule has 0 amide bonds. The maximum Gasteiger partial charge on any atom is 0.168 e. The van der Waals surface area contributed by atoms with Crippen molar-refractivity contribution in [2.75, 3.05) is 6.61 Å². The molecule has 24 heavy (non-hydrogen) atoms. The van der Waals surface area contributed by atoms with Gasteiger partial charge in [0.1, 0.15) is 11.4 Å². The van der Waals surface area contributed by atoms with Crippen molar-refractivity contribution < 1.29 is 4.74 Å². The van der Waals surface area contributed by atoms with Crippen LogP contribution in [-0.4, -0.2) is 16.4 Å². The zero-order valence-electron chi connectivity index (χ0n) is 14.7. The van der Waals surface area contributed by atoms with Crippen LogP contribution in [0.4, 0.5) is 0 Å². The molecular formula is C21H26N2O. The number of allylic oxidation sites excluding steroid dienone is 10. The van der Waals surface area contributed by atoms with Crippen molar-refractivity contribution >= 4 is 11.3 Å². The fraction of sp³-hybridized carbons (Fsp3) is 0.286. The second-order valence-electron chi connectivity index (χ2n) is 5.53. The topological polar surface area (TPSA) is 27.1 Å². The molecule has 0 aliphatic carbocycles. The van der Waals surface area contributed by atoms with E-state index < -0.39 is 0 Å². The second kappa shape index (κ2) is 8.92. The molecule has 2 heterocycles. The van der Waals surface area contributed by atoms with Crippen molar-refractivity contribution in [3.63, 3.8) is 0 Å². The van der Waals surface area contributed by atoms with E-state index in [1.54, 1.807) is 12.2 Å². The van der Waals surface area contributed by atoms with Crippen LogP contribution in [0, 0.1) is 0 Å². The molecule has 126 valence electrons. The van der Waals surface area contributed by atoms with E-state index in [4.69, 9.17) is 9.84 Å². The first-order valence-corrected chi connectivity index (χ1v) is 8.43. The molecule has 0 fully saturated rings. The van der Waals surface area contributed by atoms with Crippen LogP contribution in [-0.2, 0) is 6.42 Å². The molecule has 1 aromatic heterocycles. The van der Waals surface area contributed by atoms with Gasteiger partial charge in [-0.3, -0.25) is 0 Å². The first-order valence-electron chi connectivity index (χ1n) is 8.43. The van der Waals surface area contributed by atoms with Crippen molar-refractivity contribution in [1.82, 2.24) is 9.78 Å². The number of aromatic nitrogens is 2. The maximum atomic E-state index is 6.07. The highest BCUT2D eigenvalue weighted by Crippen LogP contribution is 2.35. The number of ether oxygens (including phenoxy) is 1. The van der Waals surface area contributed by atoms with Gasteiger partial charge in [-0.25, -0.2) is 4.68 Å². The average molecular weight is 322 g/mol. The van der Waals surface area contributed by atoms with Gasteiger partial charge in [-0.15, -0.1) is 0 Å².